The SMILES string of the molecule is C[C@@H]1C[C@@H](OCCCCCC=O)CC(C)(C)C1. The van der Waals surface area contributed by atoms with Gasteiger partial charge in [0, 0.05) is 13.0 Å². The van der Waals surface area contributed by atoms with Crippen molar-refractivity contribution < 1.29 is 9.53 Å². The number of unbranched alkanes of at least 4 members (excludes halogenated alkanes) is 3. The fourth-order valence-electron chi connectivity index (χ4n) is 3.14. The van der Waals surface area contributed by atoms with E-state index < -0.39 is 0 Å². The van der Waals surface area contributed by atoms with Gasteiger partial charge in [0.1, 0.15) is 6.29 Å². The van der Waals surface area contributed by atoms with Gasteiger partial charge >= 0.3 is 0 Å². The van der Waals surface area contributed by atoms with E-state index in [9.17, 15) is 4.79 Å². The van der Waals surface area contributed by atoms with Crippen LogP contribution in [0.2, 0.25) is 0 Å². The highest BCUT2D eigenvalue weighted by Crippen LogP contribution is 2.39. The van der Waals surface area contributed by atoms with Gasteiger partial charge in [0.25, 0.3) is 0 Å². The summed E-state index contributed by atoms with van der Waals surface area (Å²) in [6.07, 6.45) is 9.14. The second-order valence-electron chi connectivity index (χ2n) is 6.42. The first-order valence-corrected chi connectivity index (χ1v) is 7.09. The molecule has 1 fully saturated rings. The first kappa shape index (κ1) is 14.7. The predicted molar refractivity (Wildman–Crippen MR) is 71.1 cm³/mol. The summed E-state index contributed by atoms with van der Waals surface area (Å²) >= 11 is 0. The van der Waals surface area contributed by atoms with Crippen molar-refractivity contribution in [1.29, 1.82) is 0 Å². The van der Waals surface area contributed by atoms with E-state index in [1.165, 1.54) is 19.3 Å². The minimum Gasteiger partial charge on any atom is -0.378 e. The van der Waals surface area contributed by atoms with Crippen molar-refractivity contribution in [1.82, 2.24) is 0 Å². The van der Waals surface area contributed by atoms with Crippen LogP contribution in [-0.2, 0) is 9.53 Å². The summed E-state index contributed by atoms with van der Waals surface area (Å²) in [4.78, 5) is 10.2. The average Bonchev–Trinajstić information content (AvgIpc) is 2.20. The van der Waals surface area contributed by atoms with Crippen LogP contribution >= 0.6 is 0 Å². The standard InChI is InChI=1S/C15H28O2/c1-13-10-14(12-15(2,3)11-13)17-9-7-5-4-6-8-16/h8,13-14H,4-7,9-12H2,1-3H3/t13-,14-/m1/s1. The molecule has 0 saturated heterocycles. The highest BCUT2D eigenvalue weighted by molar-refractivity contribution is 5.48. The summed E-state index contributed by atoms with van der Waals surface area (Å²) in [5, 5.41) is 0. The number of rotatable bonds is 7. The Hall–Kier alpha value is -0.370. The third kappa shape index (κ3) is 6.21. The van der Waals surface area contributed by atoms with Gasteiger partial charge in [0.2, 0.25) is 0 Å². The Morgan fingerprint density at radius 3 is 2.65 bits per heavy atom. The lowest BCUT2D eigenvalue weighted by Gasteiger charge is -2.38. The van der Waals surface area contributed by atoms with E-state index in [0.717, 1.165) is 38.1 Å². The van der Waals surface area contributed by atoms with Crippen molar-refractivity contribution in [2.45, 2.75) is 71.8 Å². The van der Waals surface area contributed by atoms with E-state index in [2.05, 4.69) is 20.8 Å². The molecule has 2 heteroatoms. The Bertz CT molecular complexity index is 223. The summed E-state index contributed by atoms with van der Waals surface area (Å²) in [5.41, 5.74) is 0.444. The fraction of sp³-hybridized carbons (Fsp3) is 0.933. The molecule has 0 aliphatic heterocycles. The molecule has 2 atom stereocenters. The normalized spacial score (nSPS) is 27.9. The summed E-state index contributed by atoms with van der Waals surface area (Å²) < 4.78 is 5.98. The maximum absolute atomic E-state index is 10.2. The molecular weight excluding hydrogens is 212 g/mol. The number of hydrogen-bond donors (Lipinski definition) is 0. The van der Waals surface area contributed by atoms with Gasteiger partial charge in [-0.25, -0.2) is 0 Å². The lowest BCUT2D eigenvalue weighted by atomic mass is 9.71. The van der Waals surface area contributed by atoms with Crippen LogP contribution in [0.3, 0.4) is 0 Å². The van der Waals surface area contributed by atoms with Crippen LogP contribution in [0.25, 0.3) is 0 Å². The zero-order valence-corrected chi connectivity index (χ0v) is 11.7. The van der Waals surface area contributed by atoms with Crippen molar-refractivity contribution in [3.05, 3.63) is 0 Å². The molecule has 1 rings (SSSR count). The van der Waals surface area contributed by atoms with Gasteiger partial charge in [-0.05, 0) is 43.4 Å². The topological polar surface area (TPSA) is 26.3 Å². The third-order valence-electron chi connectivity index (χ3n) is 3.67. The summed E-state index contributed by atoms with van der Waals surface area (Å²) in [5.74, 6) is 0.791. The van der Waals surface area contributed by atoms with Crippen LogP contribution in [0.4, 0.5) is 0 Å². The maximum atomic E-state index is 10.2. The van der Waals surface area contributed by atoms with Crippen LogP contribution < -0.4 is 0 Å². The summed E-state index contributed by atoms with van der Waals surface area (Å²) in [6.45, 7) is 7.90. The van der Waals surface area contributed by atoms with E-state index in [1.54, 1.807) is 0 Å². The first-order valence-electron chi connectivity index (χ1n) is 7.09. The molecule has 0 amide bonds. The quantitative estimate of drug-likeness (QED) is 0.497. The lowest BCUT2D eigenvalue weighted by molar-refractivity contribution is -0.108. The molecule has 0 radical (unpaired) electrons. The van der Waals surface area contributed by atoms with Crippen LogP contribution in [0, 0.1) is 11.3 Å². The lowest BCUT2D eigenvalue weighted by Crippen LogP contribution is -2.32. The average molecular weight is 240 g/mol. The van der Waals surface area contributed by atoms with Crippen LogP contribution in [0.5, 0.6) is 0 Å². The molecule has 0 aromatic heterocycles. The van der Waals surface area contributed by atoms with Gasteiger partial charge in [-0.3, -0.25) is 0 Å². The molecule has 1 aliphatic rings. The van der Waals surface area contributed by atoms with Crippen LogP contribution in [0.15, 0.2) is 0 Å². The smallest absolute Gasteiger partial charge is 0.119 e. The zero-order chi connectivity index (χ0) is 12.7. The number of carbonyl (C=O) groups excluding carboxylic acids is 1. The van der Waals surface area contributed by atoms with Crippen molar-refractivity contribution in [2.24, 2.45) is 11.3 Å². The Labute approximate surface area is 106 Å². The highest BCUT2D eigenvalue weighted by atomic mass is 16.5. The maximum Gasteiger partial charge on any atom is 0.119 e. The Kier molecular flexibility index (Phi) is 6.18. The predicted octanol–water partition coefficient (Wildman–Crippen LogP) is 3.98. The van der Waals surface area contributed by atoms with Crippen molar-refractivity contribution >= 4 is 6.29 Å². The minimum absolute atomic E-state index is 0.444. The second kappa shape index (κ2) is 7.15. The Morgan fingerprint density at radius 1 is 1.24 bits per heavy atom. The molecule has 0 spiro atoms. The number of aldehydes is 1. The van der Waals surface area contributed by atoms with Crippen LogP contribution in [0.1, 0.15) is 65.7 Å². The summed E-state index contributed by atoms with van der Waals surface area (Å²) in [6, 6.07) is 0. The molecule has 0 aromatic carbocycles. The molecule has 0 bridgehead atoms. The molecule has 100 valence electrons. The largest absolute Gasteiger partial charge is 0.378 e. The van der Waals surface area contributed by atoms with Gasteiger partial charge in [-0.15, -0.1) is 0 Å². The molecule has 17 heavy (non-hydrogen) atoms. The number of carbonyl (C=O) groups is 1. The molecule has 2 nitrogen and oxygen atoms in total. The molecular formula is C15H28O2. The van der Waals surface area contributed by atoms with E-state index in [0.29, 0.717) is 17.9 Å². The van der Waals surface area contributed by atoms with Gasteiger partial charge in [-0.2, -0.15) is 0 Å². The number of hydrogen-bond acceptors (Lipinski definition) is 2. The molecule has 1 saturated carbocycles. The van der Waals surface area contributed by atoms with Crippen LogP contribution in [-0.4, -0.2) is 19.0 Å². The molecule has 0 unspecified atom stereocenters. The second-order valence-corrected chi connectivity index (χ2v) is 6.42. The van der Waals surface area contributed by atoms with Crippen molar-refractivity contribution in [3.63, 3.8) is 0 Å². The third-order valence-corrected chi connectivity index (χ3v) is 3.67. The van der Waals surface area contributed by atoms with Gasteiger partial charge < -0.3 is 9.53 Å². The van der Waals surface area contributed by atoms with E-state index in [4.69, 9.17) is 4.74 Å². The van der Waals surface area contributed by atoms with Crippen molar-refractivity contribution in [3.8, 4) is 0 Å². The zero-order valence-electron chi connectivity index (χ0n) is 11.7. The molecule has 0 N–H and O–H groups in total. The molecule has 0 heterocycles. The highest BCUT2D eigenvalue weighted by Gasteiger charge is 2.32. The van der Waals surface area contributed by atoms with E-state index >= 15 is 0 Å². The van der Waals surface area contributed by atoms with Gasteiger partial charge in [0.05, 0.1) is 6.10 Å². The fourth-order valence-corrected chi connectivity index (χ4v) is 3.14. The molecule has 0 aromatic rings. The first-order chi connectivity index (χ1) is 8.03. The van der Waals surface area contributed by atoms with Gasteiger partial charge in [-0.1, -0.05) is 27.2 Å². The van der Waals surface area contributed by atoms with Gasteiger partial charge in [0.15, 0.2) is 0 Å². The monoisotopic (exact) mass is 240 g/mol. The molecule has 1 aliphatic carbocycles. The van der Waals surface area contributed by atoms with E-state index in [1.807, 2.05) is 0 Å². The Balaban J connectivity index is 2.12. The number of ether oxygens (including phenoxy) is 1. The Morgan fingerprint density at radius 2 is 2.00 bits per heavy atom. The minimum atomic E-state index is 0.444. The summed E-state index contributed by atoms with van der Waals surface area (Å²) in [7, 11) is 0. The van der Waals surface area contributed by atoms with Crippen molar-refractivity contribution in [2.75, 3.05) is 6.61 Å². The van der Waals surface area contributed by atoms with E-state index in [-0.39, 0.29) is 0 Å².